The Bertz CT molecular complexity index is 576. The Labute approximate surface area is 122 Å². The molecule has 0 saturated carbocycles. The summed E-state index contributed by atoms with van der Waals surface area (Å²) in [6.45, 7) is 7.05. The number of benzene rings is 1. The fraction of sp³-hybridized carbons (Fsp3) is 0.462. The predicted octanol–water partition coefficient (Wildman–Crippen LogP) is 2.39. The molecule has 0 aliphatic carbocycles. The molecule has 0 saturated heterocycles. The number of rotatable bonds is 5. The van der Waals surface area contributed by atoms with Crippen LogP contribution in [0.15, 0.2) is 18.2 Å². The maximum absolute atomic E-state index is 6.21. The fourth-order valence-electron chi connectivity index (χ4n) is 2.06. The third-order valence-corrected chi connectivity index (χ3v) is 3.18. The second kappa shape index (κ2) is 5.76. The maximum Gasteiger partial charge on any atom is 0.185 e. The van der Waals surface area contributed by atoms with E-state index in [0.717, 1.165) is 0 Å². The van der Waals surface area contributed by atoms with Crippen molar-refractivity contribution < 1.29 is 4.74 Å². The minimum Gasteiger partial charge on any atom is -0.398 e. The van der Waals surface area contributed by atoms with Gasteiger partial charge in [-0.2, -0.15) is 0 Å². The number of ether oxygens (including phenoxy) is 1. The molecule has 2 rings (SSSR count). The van der Waals surface area contributed by atoms with Crippen molar-refractivity contribution in [1.29, 1.82) is 0 Å². The van der Waals surface area contributed by atoms with Crippen LogP contribution >= 0.6 is 11.6 Å². The van der Waals surface area contributed by atoms with Crippen molar-refractivity contribution in [3.05, 3.63) is 23.2 Å². The lowest BCUT2D eigenvalue weighted by atomic mass is 10.1. The quantitative estimate of drug-likeness (QED) is 0.857. The molecular weight excluding hydrogens is 278 g/mol. The van der Waals surface area contributed by atoms with Gasteiger partial charge < -0.3 is 10.5 Å². The van der Waals surface area contributed by atoms with Crippen molar-refractivity contribution in [2.45, 2.75) is 32.9 Å². The second-order valence-electron chi connectivity index (χ2n) is 5.06. The molecule has 2 N–H and O–H groups in total. The van der Waals surface area contributed by atoms with E-state index < -0.39 is 0 Å². The van der Waals surface area contributed by atoms with Gasteiger partial charge >= 0.3 is 0 Å². The first-order chi connectivity index (χ1) is 9.44. The molecule has 1 heterocycles. The molecule has 0 amide bonds. The van der Waals surface area contributed by atoms with Crippen LogP contribution in [0.2, 0.25) is 5.02 Å². The Morgan fingerprint density at radius 1 is 1.40 bits per heavy atom. The van der Waals surface area contributed by atoms with Crippen molar-refractivity contribution in [3.63, 3.8) is 0 Å². The van der Waals surface area contributed by atoms with E-state index in [-0.39, 0.29) is 5.60 Å². The summed E-state index contributed by atoms with van der Waals surface area (Å²) in [7, 11) is 0. The van der Waals surface area contributed by atoms with Gasteiger partial charge in [-0.05, 0) is 43.3 Å². The third-order valence-electron chi connectivity index (χ3n) is 2.87. The zero-order valence-corrected chi connectivity index (χ0v) is 12.6. The first-order valence-electron chi connectivity index (χ1n) is 6.39. The molecule has 0 spiro atoms. The van der Waals surface area contributed by atoms with Crippen molar-refractivity contribution in [1.82, 2.24) is 20.2 Å². The number of tetrazole rings is 1. The largest absolute Gasteiger partial charge is 0.398 e. The number of nitrogens with zero attached hydrogens (tertiary/aromatic N) is 4. The summed E-state index contributed by atoms with van der Waals surface area (Å²) in [6.07, 6.45) is 0. The lowest BCUT2D eigenvalue weighted by Gasteiger charge is -2.24. The van der Waals surface area contributed by atoms with Gasteiger partial charge in [0.1, 0.15) is 0 Å². The Morgan fingerprint density at radius 3 is 2.80 bits per heavy atom. The van der Waals surface area contributed by atoms with Crippen LogP contribution in [-0.4, -0.2) is 32.4 Å². The van der Waals surface area contributed by atoms with Crippen LogP contribution in [0.3, 0.4) is 0 Å². The minimum atomic E-state index is -0.380. The SMILES string of the molecule is CCOC(C)(C)Cn1nnnc1-c1c(N)cccc1Cl. The highest BCUT2D eigenvalue weighted by atomic mass is 35.5. The van der Waals surface area contributed by atoms with Crippen LogP contribution in [0.4, 0.5) is 5.69 Å². The smallest absolute Gasteiger partial charge is 0.185 e. The third kappa shape index (κ3) is 3.08. The van der Waals surface area contributed by atoms with Crippen molar-refractivity contribution >= 4 is 17.3 Å². The van der Waals surface area contributed by atoms with E-state index in [1.165, 1.54) is 0 Å². The summed E-state index contributed by atoms with van der Waals surface area (Å²) in [4.78, 5) is 0. The topological polar surface area (TPSA) is 78.8 Å². The van der Waals surface area contributed by atoms with Crippen LogP contribution in [0, 0.1) is 0 Å². The summed E-state index contributed by atoms with van der Waals surface area (Å²) in [5, 5.41) is 12.3. The number of anilines is 1. The maximum atomic E-state index is 6.21. The molecule has 2 aromatic rings. The Kier molecular flexibility index (Phi) is 4.25. The normalized spacial score (nSPS) is 11.8. The van der Waals surface area contributed by atoms with Crippen molar-refractivity contribution in [2.75, 3.05) is 12.3 Å². The molecule has 0 aliphatic heterocycles. The predicted molar refractivity (Wildman–Crippen MR) is 78.4 cm³/mol. The van der Waals surface area contributed by atoms with E-state index in [1.807, 2.05) is 20.8 Å². The summed E-state index contributed by atoms with van der Waals surface area (Å²) in [5.74, 6) is 0.542. The van der Waals surface area contributed by atoms with Crippen LogP contribution in [-0.2, 0) is 11.3 Å². The Hall–Kier alpha value is -1.66. The zero-order valence-electron chi connectivity index (χ0n) is 11.8. The highest BCUT2D eigenvalue weighted by molar-refractivity contribution is 6.33. The van der Waals surface area contributed by atoms with E-state index in [9.17, 15) is 0 Å². The van der Waals surface area contributed by atoms with E-state index in [4.69, 9.17) is 22.1 Å². The molecule has 0 atom stereocenters. The van der Waals surface area contributed by atoms with Gasteiger partial charge in [-0.25, -0.2) is 4.68 Å². The molecule has 6 nitrogen and oxygen atoms in total. The Morgan fingerprint density at radius 2 is 2.15 bits per heavy atom. The average Bonchev–Trinajstić information content (AvgIpc) is 2.76. The molecule has 0 bridgehead atoms. The van der Waals surface area contributed by atoms with Crippen LogP contribution in [0.5, 0.6) is 0 Å². The molecule has 0 aliphatic rings. The number of hydrogen-bond donors (Lipinski definition) is 1. The number of hydrogen-bond acceptors (Lipinski definition) is 5. The zero-order chi connectivity index (χ0) is 14.8. The van der Waals surface area contributed by atoms with Gasteiger partial charge in [0.25, 0.3) is 0 Å². The molecule has 1 aromatic heterocycles. The van der Waals surface area contributed by atoms with Gasteiger partial charge in [-0.3, -0.25) is 0 Å². The number of nitrogen functional groups attached to an aromatic ring is 1. The first-order valence-corrected chi connectivity index (χ1v) is 6.77. The molecule has 0 radical (unpaired) electrons. The van der Waals surface area contributed by atoms with Crippen LogP contribution < -0.4 is 5.73 Å². The molecule has 20 heavy (non-hydrogen) atoms. The second-order valence-corrected chi connectivity index (χ2v) is 5.46. The van der Waals surface area contributed by atoms with Gasteiger partial charge in [0.05, 0.1) is 22.7 Å². The van der Waals surface area contributed by atoms with E-state index in [0.29, 0.717) is 35.2 Å². The van der Waals surface area contributed by atoms with Gasteiger partial charge in [-0.15, -0.1) is 5.10 Å². The number of halogens is 1. The van der Waals surface area contributed by atoms with Crippen LogP contribution in [0.1, 0.15) is 20.8 Å². The number of aromatic nitrogens is 4. The molecule has 7 heteroatoms. The van der Waals surface area contributed by atoms with Crippen molar-refractivity contribution in [2.24, 2.45) is 0 Å². The van der Waals surface area contributed by atoms with Gasteiger partial charge in [0.2, 0.25) is 0 Å². The molecule has 1 aromatic carbocycles. The molecule has 108 valence electrons. The van der Waals surface area contributed by atoms with Gasteiger partial charge in [0, 0.05) is 12.3 Å². The highest BCUT2D eigenvalue weighted by Gasteiger charge is 2.23. The number of nitrogens with two attached hydrogens (primary N) is 1. The molecule has 0 unspecified atom stereocenters. The van der Waals surface area contributed by atoms with Crippen molar-refractivity contribution in [3.8, 4) is 11.4 Å². The lowest BCUT2D eigenvalue weighted by Crippen LogP contribution is -2.31. The van der Waals surface area contributed by atoms with E-state index in [1.54, 1.807) is 22.9 Å². The van der Waals surface area contributed by atoms with E-state index >= 15 is 0 Å². The molecular formula is C13H18ClN5O. The summed E-state index contributed by atoms with van der Waals surface area (Å²) < 4.78 is 7.33. The highest BCUT2D eigenvalue weighted by Crippen LogP contribution is 2.31. The van der Waals surface area contributed by atoms with E-state index in [2.05, 4.69) is 15.5 Å². The minimum absolute atomic E-state index is 0.380. The lowest BCUT2D eigenvalue weighted by molar-refractivity contribution is -0.0246. The monoisotopic (exact) mass is 295 g/mol. The summed E-state index contributed by atoms with van der Waals surface area (Å²) >= 11 is 6.21. The van der Waals surface area contributed by atoms with Crippen LogP contribution in [0.25, 0.3) is 11.4 Å². The first kappa shape index (κ1) is 14.7. The average molecular weight is 296 g/mol. The fourth-order valence-corrected chi connectivity index (χ4v) is 2.33. The standard InChI is InChI=1S/C13H18ClN5O/c1-4-20-13(2,3)8-19-12(16-17-18-19)11-9(14)6-5-7-10(11)15/h5-7H,4,8,15H2,1-3H3. The summed E-state index contributed by atoms with van der Waals surface area (Å²) in [6, 6.07) is 5.33. The Balaban J connectivity index is 2.39. The van der Waals surface area contributed by atoms with Gasteiger partial charge in [-0.1, -0.05) is 17.7 Å². The summed E-state index contributed by atoms with van der Waals surface area (Å²) in [5.41, 5.74) is 6.79. The van der Waals surface area contributed by atoms with Gasteiger partial charge in [0.15, 0.2) is 5.82 Å². The molecule has 0 fully saturated rings.